The van der Waals surface area contributed by atoms with Gasteiger partial charge in [0.25, 0.3) is 0 Å². The summed E-state index contributed by atoms with van der Waals surface area (Å²) < 4.78 is 38.4. The van der Waals surface area contributed by atoms with Gasteiger partial charge in [-0.15, -0.1) is 0 Å². The Hall–Kier alpha value is -1.14. The molecule has 106 valence electrons. The van der Waals surface area contributed by atoms with Gasteiger partial charge in [-0.05, 0) is 19.1 Å². The van der Waals surface area contributed by atoms with E-state index in [0.717, 1.165) is 11.4 Å². The van der Waals surface area contributed by atoms with E-state index >= 15 is 0 Å². The molecule has 0 spiro atoms. The molecule has 19 heavy (non-hydrogen) atoms. The molecule has 0 radical (unpaired) electrons. The summed E-state index contributed by atoms with van der Waals surface area (Å²) >= 11 is 0. The minimum atomic E-state index is -4.14. The molecule has 0 saturated carbocycles. The highest BCUT2D eigenvalue weighted by Gasteiger charge is 2.40. The smallest absolute Gasteiger partial charge is 0.315 e. The molecular formula is C13H18F3N3. The largest absolute Gasteiger partial charge is 0.394 e. The number of halogens is 3. The Balaban J connectivity index is 2.02. The van der Waals surface area contributed by atoms with Crippen LogP contribution in [0.15, 0.2) is 18.2 Å². The van der Waals surface area contributed by atoms with E-state index in [1.54, 1.807) is 0 Å². The van der Waals surface area contributed by atoms with Crippen molar-refractivity contribution in [2.45, 2.75) is 19.6 Å². The van der Waals surface area contributed by atoms with Gasteiger partial charge < -0.3 is 5.32 Å². The van der Waals surface area contributed by atoms with E-state index < -0.39 is 12.1 Å². The molecule has 1 aromatic rings. The van der Waals surface area contributed by atoms with Crippen molar-refractivity contribution in [1.29, 1.82) is 0 Å². The van der Waals surface area contributed by atoms with Crippen molar-refractivity contribution < 1.29 is 13.2 Å². The van der Waals surface area contributed by atoms with Crippen LogP contribution in [0, 0.1) is 12.8 Å². The summed E-state index contributed by atoms with van der Waals surface area (Å²) in [5, 5.41) is 2.85. The highest BCUT2D eigenvalue weighted by Crippen LogP contribution is 2.27. The fourth-order valence-corrected chi connectivity index (χ4v) is 2.26. The summed E-state index contributed by atoms with van der Waals surface area (Å²) in [6.45, 7) is 3.58. The van der Waals surface area contributed by atoms with E-state index in [1.807, 2.05) is 30.0 Å². The van der Waals surface area contributed by atoms with E-state index in [1.165, 1.54) is 0 Å². The van der Waals surface area contributed by atoms with Crippen LogP contribution in [0.25, 0.3) is 0 Å². The van der Waals surface area contributed by atoms with E-state index in [9.17, 15) is 13.2 Å². The normalized spacial score (nSPS) is 22.2. The zero-order chi connectivity index (χ0) is 13.9. The summed E-state index contributed by atoms with van der Waals surface area (Å²) in [6.07, 6.45) is -4.14. The second-order valence-electron chi connectivity index (χ2n) is 4.95. The maximum atomic E-state index is 12.8. The molecule has 2 rings (SSSR count). The number of nitrogens with zero attached hydrogens (tertiary/aromatic N) is 2. The Morgan fingerprint density at radius 2 is 2.21 bits per heavy atom. The molecule has 1 aliphatic heterocycles. The van der Waals surface area contributed by atoms with Crippen molar-refractivity contribution >= 4 is 0 Å². The Morgan fingerprint density at radius 1 is 1.42 bits per heavy atom. The third-order valence-electron chi connectivity index (χ3n) is 3.27. The molecule has 1 unspecified atom stereocenters. The highest BCUT2D eigenvalue weighted by molar-refractivity contribution is 5.09. The van der Waals surface area contributed by atoms with Crippen LogP contribution in [0.4, 0.5) is 13.2 Å². The molecular weight excluding hydrogens is 255 g/mol. The van der Waals surface area contributed by atoms with Crippen LogP contribution in [-0.4, -0.2) is 42.2 Å². The number of hydrogen-bond donors (Lipinski definition) is 1. The van der Waals surface area contributed by atoms with Gasteiger partial charge in [-0.25, -0.2) is 0 Å². The quantitative estimate of drug-likeness (QED) is 0.893. The number of hydrogen-bond acceptors (Lipinski definition) is 3. The Morgan fingerprint density at radius 3 is 2.89 bits per heavy atom. The molecule has 0 aliphatic carbocycles. The number of alkyl halides is 3. The maximum Gasteiger partial charge on any atom is 0.394 e. The first kappa shape index (κ1) is 14.3. The second-order valence-corrected chi connectivity index (χ2v) is 4.95. The molecule has 2 heterocycles. The van der Waals surface area contributed by atoms with Crippen LogP contribution >= 0.6 is 0 Å². The number of aromatic nitrogens is 1. The lowest BCUT2D eigenvalue weighted by Crippen LogP contribution is -2.38. The zero-order valence-corrected chi connectivity index (χ0v) is 10.9. The average molecular weight is 273 g/mol. The van der Waals surface area contributed by atoms with E-state index in [-0.39, 0.29) is 13.1 Å². The summed E-state index contributed by atoms with van der Waals surface area (Å²) in [7, 11) is 0. The van der Waals surface area contributed by atoms with Crippen molar-refractivity contribution in [2.75, 3.05) is 26.2 Å². The van der Waals surface area contributed by atoms with Gasteiger partial charge in [-0.3, -0.25) is 9.88 Å². The molecule has 0 bridgehead atoms. The Kier molecular flexibility index (Phi) is 4.42. The molecule has 6 heteroatoms. The summed E-state index contributed by atoms with van der Waals surface area (Å²) in [4.78, 5) is 6.16. The summed E-state index contributed by atoms with van der Waals surface area (Å²) in [6, 6.07) is 5.62. The molecule has 3 nitrogen and oxygen atoms in total. The van der Waals surface area contributed by atoms with Crippen LogP contribution < -0.4 is 5.32 Å². The fraction of sp³-hybridized carbons (Fsp3) is 0.615. The van der Waals surface area contributed by atoms with Crippen LogP contribution in [-0.2, 0) is 6.54 Å². The van der Waals surface area contributed by atoms with Crippen LogP contribution in [0.3, 0.4) is 0 Å². The molecule has 1 fully saturated rings. The predicted octanol–water partition coefficient (Wildman–Crippen LogP) is 1.97. The summed E-state index contributed by atoms with van der Waals surface area (Å²) in [5.41, 5.74) is 1.71. The van der Waals surface area contributed by atoms with Gasteiger partial charge >= 0.3 is 6.18 Å². The summed E-state index contributed by atoms with van der Waals surface area (Å²) in [5.74, 6) is -1.31. The van der Waals surface area contributed by atoms with Crippen LogP contribution in [0.5, 0.6) is 0 Å². The first-order chi connectivity index (χ1) is 8.95. The molecule has 0 amide bonds. The molecule has 1 atom stereocenters. The van der Waals surface area contributed by atoms with E-state index in [0.29, 0.717) is 19.6 Å². The zero-order valence-electron chi connectivity index (χ0n) is 10.9. The minimum Gasteiger partial charge on any atom is -0.315 e. The maximum absolute atomic E-state index is 12.8. The standard InChI is InChI=1S/C13H18F3N3/c1-10-3-2-4-12(18-10)9-19-6-5-17-7-11(8-19)13(14,15)16/h2-4,11,17H,5-9H2,1H3. The molecule has 1 aromatic heterocycles. The Bertz CT molecular complexity index is 420. The second kappa shape index (κ2) is 5.88. The lowest BCUT2D eigenvalue weighted by atomic mass is 10.1. The third kappa shape index (κ3) is 4.18. The molecule has 1 saturated heterocycles. The van der Waals surface area contributed by atoms with Crippen molar-refractivity contribution in [1.82, 2.24) is 15.2 Å². The lowest BCUT2D eigenvalue weighted by molar-refractivity contribution is -0.176. The van der Waals surface area contributed by atoms with Gasteiger partial charge in [0, 0.05) is 38.4 Å². The number of aryl methyl sites for hydroxylation is 1. The van der Waals surface area contributed by atoms with Gasteiger partial charge in [0.2, 0.25) is 0 Å². The minimum absolute atomic E-state index is 0.00124. The first-order valence-corrected chi connectivity index (χ1v) is 6.37. The van der Waals surface area contributed by atoms with Crippen molar-refractivity contribution in [3.8, 4) is 0 Å². The van der Waals surface area contributed by atoms with Crippen LogP contribution in [0.1, 0.15) is 11.4 Å². The topological polar surface area (TPSA) is 28.2 Å². The number of pyridine rings is 1. The highest BCUT2D eigenvalue weighted by atomic mass is 19.4. The molecule has 0 aromatic carbocycles. The van der Waals surface area contributed by atoms with Gasteiger partial charge in [0.1, 0.15) is 0 Å². The van der Waals surface area contributed by atoms with Gasteiger partial charge in [0.15, 0.2) is 0 Å². The van der Waals surface area contributed by atoms with Crippen LogP contribution in [0.2, 0.25) is 0 Å². The molecule has 1 N–H and O–H groups in total. The average Bonchev–Trinajstić information content (AvgIpc) is 2.54. The van der Waals surface area contributed by atoms with Crippen molar-refractivity contribution in [2.24, 2.45) is 5.92 Å². The third-order valence-corrected chi connectivity index (χ3v) is 3.27. The van der Waals surface area contributed by atoms with Gasteiger partial charge in [-0.1, -0.05) is 6.07 Å². The van der Waals surface area contributed by atoms with Gasteiger partial charge in [0.05, 0.1) is 11.6 Å². The monoisotopic (exact) mass is 273 g/mol. The van der Waals surface area contributed by atoms with Crippen molar-refractivity contribution in [3.63, 3.8) is 0 Å². The number of rotatable bonds is 2. The molecule has 1 aliphatic rings. The van der Waals surface area contributed by atoms with E-state index in [4.69, 9.17) is 0 Å². The number of nitrogens with one attached hydrogen (secondary N) is 1. The van der Waals surface area contributed by atoms with Crippen molar-refractivity contribution in [3.05, 3.63) is 29.6 Å². The van der Waals surface area contributed by atoms with E-state index in [2.05, 4.69) is 10.3 Å². The lowest BCUT2D eigenvalue weighted by Gasteiger charge is -2.25. The SMILES string of the molecule is Cc1cccc(CN2CCNCC(C(F)(F)F)C2)n1. The van der Waals surface area contributed by atoms with Gasteiger partial charge in [-0.2, -0.15) is 13.2 Å². The fourth-order valence-electron chi connectivity index (χ4n) is 2.26. The first-order valence-electron chi connectivity index (χ1n) is 6.37. The Labute approximate surface area is 110 Å². The predicted molar refractivity (Wildman–Crippen MR) is 66.7 cm³/mol.